The van der Waals surface area contributed by atoms with E-state index in [1.54, 1.807) is 54.6 Å². The van der Waals surface area contributed by atoms with Crippen LogP contribution in [0.4, 0.5) is 5.69 Å². The standard InChI is InChI=1S/C35H37BrClN3O5S/c1-3-21-38-35(42)33(23-26-9-6-5-7-10-26)39(24-27-11-8-12-29(37)22-27)34(41)25-40(30-15-17-31(18-16-30)45-4-2)46(43,44)32-19-13-28(36)14-20-32/h5-20,22,33H,3-4,21,23-25H2,1-2H3,(H,38,42)/t33-/m0/s1. The third-order valence-corrected chi connectivity index (χ3v) is 9.73. The van der Waals surface area contributed by atoms with E-state index in [4.69, 9.17) is 16.3 Å². The van der Waals surface area contributed by atoms with Crippen LogP contribution in [0.1, 0.15) is 31.4 Å². The molecule has 0 aliphatic carbocycles. The van der Waals surface area contributed by atoms with Gasteiger partial charge in [-0.25, -0.2) is 8.42 Å². The van der Waals surface area contributed by atoms with Gasteiger partial charge in [0.15, 0.2) is 0 Å². The Morgan fingerprint density at radius 3 is 2.20 bits per heavy atom. The number of halogens is 2. The first-order valence-corrected chi connectivity index (χ1v) is 17.6. The van der Waals surface area contributed by atoms with Gasteiger partial charge in [-0.1, -0.05) is 76.9 Å². The predicted molar refractivity (Wildman–Crippen MR) is 186 cm³/mol. The van der Waals surface area contributed by atoms with E-state index in [0.717, 1.165) is 9.87 Å². The smallest absolute Gasteiger partial charge is 0.264 e. The molecule has 1 N–H and O–H groups in total. The Hall–Kier alpha value is -3.86. The topological polar surface area (TPSA) is 96.0 Å². The van der Waals surface area contributed by atoms with Crippen molar-refractivity contribution < 1.29 is 22.7 Å². The zero-order valence-corrected chi connectivity index (χ0v) is 28.9. The maximum atomic E-state index is 14.5. The highest BCUT2D eigenvalue weighted by atomic mass is 79.9. The van der Waals surface area contributed by atoms with E-state index in [2.05, 4.69) is 21.2 Å². The number of ether oxygens (including phenoxy) is 1. The molecule has 0 aliphatic rings. The highest BCUT2D eigenvalue weighted by Crippen LogP contribution is 2.28. The number of hydrogen-bond donors (Lipinski definition) is 1. The molecule has 0 spiro atoms. The summed E-state index contributed by atoms with van der Waals surface area (Å²) in [4.78, 5) is 29.7. The summed E-state index contributed by atoms with van der Waals surface area (Å²) in [6, 6.07) is 28.3. The molecule has 4 rings (SSSR count). The Morgan fingerprint density at radius 2 is 1.57 bits per heavy atom. The fraction of sp³-hybridized carbons (Fsp3) is 0.257. The molecule has 8 nitrogen and oxygen atoms in total. The molecule has 2 amide bonds. The number of carbonyl (C=O) groups excluding carboxylic acids is 2. The molecule has 0 saturated carbocycles. The Bertz CT molecular complexity index is 1700. The van der Waals surface area contributed by atoms with Crippen LogP contribution in [0.25, 0.3) is 0 Å². The first kappa shape index (κ1) is 35.0. The molecule has 1 atom stereocenters. The first-order valence-electron chi connectivity index (χ1n) is 15.0. The van der Waals surface area contributed by atoms with Gasteiger partial charge in [0.25, 0.3) is 10.0 Å². The number of benzene rings is 4. The molecular weight excluding hydrogens is 690 g/mol. The molecule has 0 aromatic heterocycles. The number of rotatable bonds is 15. The van der Waals surface area contributed by atoms with Crippen LogP contribution in [-0.2, 0) is 32.6 Å². The van der Waals surface area contributed by atoms with Crippen LogP contribution in [-0.4, -0.2) is 50.9 Å². The third-order valence-electron chi connectivity index (χ3n) is 7.18. The van der Waals surface area contributed by atoms with Gasteiger partial charge in [0.2, 0.25) is 11.8 Å². The van der Waals surface area contributed by atoms with E-state index in [1.807, 2.05) is 50.2 Å². The van der Waals surface area contributed by atoms with Crippen molar-refractivity contribution in [3.63, 3.8) is 0 Å². The van der Waals surface area contributed by atoms with Gasteiger partial charge in [0.1, 0.15) is 18.3 Å². The molecule has 0 bridgehead atoms. The van der Waals surface area contributed by atoms with Crippen LogP contribution in [0, 0.1) is 0 Å². The Labute approximate surface area is 284 Å². The van der Waals surface area contributed by atoms with E-state index in [-0.39, 0.29) is 29.5 Å². The molecular formula is C35H37BrClN3O5S. The Morgan fingerprint density at radius 1 is 0.891 bits per heavy atom. The average Bonchev–Trinajstić information content (AvgIpc) is 3.05. The number of hydrogen-bond acceptors (Lipinski definition) is 5. The van der Waals surface area contributed by atoms with Crippen molar-refractivity contribution in [2.45, 2.75) is 44.2 Å². The molecule has 0 fully saturated rings. The monoisotopic (exact) mass is 725 g/mol. The van der Waals surface area contributed by atoms with Crippen molar-refractivity contribution in [1.82, 2.24) is 10.2 Å². The molecule has 11 heteroatoms. The van der Waals surface area contributed by atoms with Crippen molar-refractivity contribution in [3.05, 3.63) is 124 Å². The predicted octanol–water partition coefficient (Wildman–Crippen LogP) is 6.86. The summed E-state index contributed by atoms with van der Waals surface area (Å²) in [6.07, 6.45) is 0.939. The summed E-state index contributed by atoms with van der Waals surface area (Å²) in [6.45, 7) is 4.15. The lowest BCUT2D eigenvalue weighted by Crippen LogP contribution is -2.53. The van der Waals surface area contributed by atoms with Crippen LogP contribution < -0.4 is 14.4 Å². The van der Waals surface area contributed by atoms with Gasteiger partial charge in [-0.05, 0) is 85.1 Å². The highest BCUT2D eigenvalue weighted by molar-refractivity contribution is 9.10. The molecule has 242 valence electrons. The minimum atomic E-state index is -4.22. The number of anilines is 1. The van der Waals surface area contributed by atoms with Crippen LogP contribution in [0.2, 0.25) is 5.02 Å². The molecule has 0 unspecified atom stereocenters. The van der Waals surface area contributed by atoms with E-state index < -0.39 is 28.5 Å². The Balaban J connectivity index is 1.79. The maximum Gasteiger partial charge on any atom is 0.264 e. The van der Waals surface area contributed by atoms with Gasteiger partial charge < -0.3 is 15.0 Å². The molecule has 0 heterocycles. The summed E-state index contributed by atoms with van der Waals surface area (Å²) in [7, 11) is -4.22. The Kier molecular flexibility index (Phi) is 12.7. The number of amides is 2. The minimum absolute atomic E-state index is 0.0142. The van der Waals surface area contributed by atoms with E-state index in [1.165, 1.54) is 17.0 Å². The van der Waals surface area contributed by atoms with Gasteiger partial charge in [0.05, 0.1) is 17.2 Å². The van der Waals surface area contributed by atoms with E-state index in [9.17, 15) is 18.0 Å². The third kappa shape index (κ3) is 9.34. The normalized spacial score (nSPS) is 11.8. The fourth-order valence-corrected chi connectivity index (χ4v) is 6.78. The number of nitrogens with one attached hydrogen (secondary N) is 1. The van der Waals surface area contributed by atoms with Crippen LogP contribution in [0.5, 0.6) is 5.75 Å². The lowest BCUT2D eigenvalue weighted by atomic mass is 10.0. The summed E-state index contributed by atoms with van der Waals surface area (Å²) >= 11 is 9.66. The lowest BCUT2D eigenvalue weighted by Gasteiger charge is -2.34. The SMILES string of the molecule is CCCNC(=O)[C@H](Cc1ccccc1)N(Cc1cccc(Cl)c1)C(=O)CN(c1ccc(OCC)cc1)S(=O)(=O)c1ccc(Br)cc1. The van der Waals surface area contributed by atoms with E-state index in [0.29, 0.717) is 40.4 Å². The molecule has 4 aromatic rings. The van der Waals surface area contributed by atoms with Crippen molar-refractivity contribution in [2.75, 3.05) is 24.0 Å². The lowest BCUT2D eigenvalue weighted by molar-refractivity contribution is -0.140. The highest BCUT2D eigenvalue weighted by Gasteiger charge is 2.34. The molecule has 0 aliphatic heterocycles. The van der Waals surface area contributed by atoms with Gasteiger partial charge >= 0.3 is 0 Å². The quantitative estimate of drug-likeness (QED) is 0.145. The summed E-state index contributed by atoms with van der Waals surface area (Å²) in [5.74, 6) is -0.316. The average molecular weight is 727 g/mol. The van der Waals surface area contributed by atoms with Gasteiger partial charge in [-0.2, -0.15) is 0 Å². The first-order chi connectivity index (χ1) is 22.1. The van der Waals surface area contributed by atoms with Gasteiger partial charge in [-0.3, -0.25) is 13.9 Å². The van der Waals surface area contributed by atoms with Crippen LogP contribution >= 0.6 is 27.5 Å². The second kappa shape index (κ2) is 16.6. The number of carbonyl (C=O) groups is 2. The van der Waals surface area contributed by atoms with Crippen LogP contribution in [0.15, 0.2) is 112 Å². The number of sulfonamides is 1. The largest absolute Gasteiger partial charge is 0.494 e. The molecule has 4 aromatic carbocycles. The molecule has 0 saturated heterocycles. The summed E-state index contributed by atoms with van der Waals surface area (Å²) < 4.78 is 35.7. The van der Waals surface area contributed by atoms with Gasteiger partial charge in [0, 0.05) is 29.0 Å². The van der Waals surface area contributed by atoms with Crippen molar-refractivity contribution >= 4 is 55.1 Å². The fourth-order valence-electron chi connectivity index (χ4n) is 4.89. The summed E-state index contributed by atoms with van der Waals surface area (Å²) in [5, 5.41) is 3.42. The zero-order chi connectivity index (χ0) is 33.1. The van der Waals surface area contributed by atoms with E-state index >= 15 is 0 Å². The van der Waals surface area contributed by atoms with Crippen LogP contribution in [0.3, 0.4) is 0 Å². The molecule has 46 heavy (non-hydrogen) atoms. The molecule has 0 radical (unpaired) electrons. The summed E-state index contributed by atoms with van der Waals surface area (Å²) in [5.41, 5.74) is 1.83. The van der Waals surface area contributed by atoms with Crippen molar-refractivity contribution in [2.24, 2.45) is 0 Å². The van der Waals surface area contributed by atoms with Crippen molar-refractivity contribution in [1.29, 1.82) is 0 Å². The maximum absolute atomic E-state index is 14.5. The minimum Gasteiger partial charge on any atom is -0.494 e. The van der Waals surface area contributed by atoms with Crippen molar-refractivity contribution in [3.8, 4) is 5.75 Å². The number of nitrogens with zero attached hydrogens (tertiary/aromatic N) is 2. The zero-order valence-electron chi connectivity index (χ0n) is 25.7. The van der Waals surface area contributed by atoms with Gasteiger partial charge in [-0.15, -0.1) is 0 Å². The second-order valence-corrected chi connectivity index (χ2v) is 13.8. The second-order valence-electron chi connectivity index (χ2n) is 10.5.